The molecule has 0 bridgehead atoms. The summed E-state index contributed by atoms with van der Waals surface area (Å²) in [7, 11) is 0. The van der Waals surface area contributed by atoms with Gasteiger partial charge in [0.05, 0.1) is 16.1 Å². The number of hydrogen-bond donors (Lipinski definition) is 1. The monoisotopic (exact) mass is 354 g/mol. The standard InChI is InChI=1S/C13H11BrN2O3S/c14-8-3-4-9-10(5-8)20-13(15-9)16-11(17)6-19-12(18)7-1-2-7/h3-5,7H,1-2,6H2,(H,15,16,17). The Morgan fingerprint density at radius 3 is 3.00 bits per heavy atom. The van der Waals surface area contributed by atoms with Gasteiger partial charge in [-0.05, 0) is 31.0 Å². The van der Waals surface area contributed by atoms with Crippen LogP contribution in [0.1, 0.15) is 12.8 Å². The normalized spacial score (nSPS) is 14.2. The van der Waals surface area contributed by atoms with Crippen LogP contribution in [-0.2, 0) is 14.3 Å². The van der Waals surface area contributed by atoms with Gasteiger partial charge < -0.3 is 4.74 Å². The Labute approximate surface area is 127 Å². The van der Waals surface area contributed by atoms with Gasteiger partial charge in [0, 0.05) is 4.47 Å². The van der Waals surface area contributed by atoms with Crippen LogP contribution in [0.4, 0.5) is 5.13 Å². The van der Waals surface area contributed by atoms with Crippen molar-refractivity contribution in [2.75, 3.05) is 11.9 Å². The van der Waals surface area contributed by atoms with E-state index in [9.17, 15) is 9.59 Å². The van der Waals surface area contributed by atoms with Crippen molar-refractivity contribution < 1.29 is 14.3 Å². The molecule has 1 N–H and O–H groups in total. The molecule has 0 atom stereocenters. The number of amides is 1. The summed E-state index contributed by atoms with van der Waals surface area (Å²) >= 11 is 4.77. The molecule has 1 aliphatic carbocycles. The zero-order valence-corrected chi connectivity index (χ0v) is 12.8. The molecule has 2 aromatic rings. The maximum Gasteiger partial charge on any atom is 0.309 e. The summed E-state index contributed by atoms with van der Waals surface area (Å²) in [5, 5.41) is 3.15. The predicted octanol–water partition coefficient (Wildman–Crippen LogP) is 2.95. The van der Waals surface area contributed by atoms with Crippen LogP contribution in [0.15, 0.2) is 22.7 Å². The highest BCUT2D eigenvalue weighted by Crippen LogP contribution is 2.30. The van der Waals surface area contributed by atoms with Gasteiger partial charge in [-0.3, -0.25) is 14.9 Å². The van der Waals surface area contributed by atoms with E-state index in [1.54, 1.807) is 0 Å². The minimum absolute atomic E-state index is 0.00241. The number of hydrogen-bond acceptors (Lipinski definition) is 5. The maximum absolute atomic E-state index is 11.7. The van der Waals surface area contributed by atoms with Gasteiger partial charge in [0.25, 0.3) is 5.91 Å². The number of ether oxygens (including phenoxy) is 1. The third kappa shape index (κ3) is 3.16. The van der Waals surface area contributed by atoms with E-state index in [0.29, 0.717) is 5.13 Å². The third-order valence-electron chi connectivity index (χ3n) is 2.85. The van der Waals surface area contributed by atoms with E-state index in [-0.39, 0.29) is 24.4 Å². The van der Waals surface area contributed by atoms with Gasteiger partial charge in [-0.25, -0.2) is 4.98 Å². The number of halogens is 1. The van der Waals surface area contributed by atoms with Crippen LogP contribution < -0.4 is 5.32 Å². The molecular formula is C13H11BrN2O3S. The molecule has 0 unspecified atom stereocenters. The average Bonchev–Trinajstić information content (AvgIpc) is 3.18. The number of anilines is 1. The molecule has 1 amide bonds. The summed E-state index contributed by atoms with van der Waals surface area (Å²) in [4.78, 5) is 27.3. The summed E-state index contributed by atoms with van der Waals surface area (Å²) in [5.41, 5.74) is 0.823. The molecule has 104 valence electrons. The maximum atomic E-state index is 11.7. The molecular weight excluding hydrogens is 344 g/mol. The van der Waals surface area contributed by atoms with Crippen LogP contribution >= 0.6 is 27.3 Å². The van der Waals surface area contributed by atoms with Crippen molar-refractivity contribution >= 4 is 54.5 Å². The van der Waals surface area contributed by atoms with E-state index in [2.05, 4.69) is 26.2 Å². The van der Waals surface area contributed by atoms with Gasteiger partial charge in [-0.1, -0.05) is 27.3 Å². The molecule has 1 aromatic heterocycles. The molecule has 0 radical (unpaired) electrons. The first-order chi connectivity index (χ1) is 9.61. The number of carbonyl (C=O) groups is 2. The van der Waals surface area contributed by atoms with E-state index >= 15 is 0 Å². The molecule has 1 heterocycles. The summed E-state index contributed by atoms with van der Waals surface area (Å²) in [6.45, 7) is -0.255. The van der Waals surface area contributed by atoms with Crippen molar-refractivity contribution in [3.05, 3.63) is 22.7 Å². The van der Waals surface area contributed by atoms with Crippen LogP contribution in [0.2, 0.25) is 0 Å². The lowest BCUT2D eigenvalue weighted by atomic mass is 10.3. The lowest BCUT2D eigenvalue weighted by molar-refractivity contribution is -0.148. The molecule has 0 aliphatic heterocycles. The minimum Gasteiger partial charge on any atom is -0.455 e. The van der Waals surface area contributed by atoms with Crippen LogP contribution in [0.5, 0.6) is 0 Å². The van der Waals surface area contributed by atoms with Crippen LogP contribution in [-0.4, -0.2) is 23.5 Å². The van der Waals surface area contributed by atoms with Crippen LogP contribution in [0.25, 0.3) is 10.2 Å². The second-order valence-electron chi connectivity index (χ2n) is 4.56. The number of esters is 1. The fourth-order valence-corrected chi connectivity index (χ4v) is 3.11. The Bertz CT molecular complexity index is 681. The molecule has 1 aromatic carbocycles. The van der Waals surface area contributed by atoms with Gasteiger partial charge in [-0.2, -0.15) is 0 Å². The molecule has 0 spiro atoms. The number of aromatic nitrogens is 1. The van der Waals surface area contributed by atoms with Crippen molar-refractivity contribution in [1.29, 1.82) is 0 Å². The highest BCUT2D eigenvalue weighted by atomic mass is 79.9. The van der Waals surface area contributed by atoms with E-state index in [1.165, 1.54) is 11.3 Å². The highest BCUT2D eigenvalue weighted by molar-refractivity contribution is 9.10. The molecule has 5 nitrogen and oxygen atoms in total. The Hall–Kier alpha value is -1.47. The summed E-state index contributed by atoms with van der Waals surface area (Å²) in [5.74, 6) is -0.645. The van der Waals surface area contributed by atoms with Crippen molar-refractivity contribution in [3.8, 4) is 0 Å². The molecule has 1 saturated carbocycles. The summed E-state index contributed by atoms with van der Waals surface area (Å²) in [6, 6.07) is 5.71. The van der Waals surface area contributed by atoms with E-state index in [1.807, 2.05) is 18.2 Å². The Morgan fingerprint density at radius 1 is 1.45 bits per heavy atom. The number of carbonyl (C=O) groups excluding carboxylic acids is 2. The lowest BCUT2D eigenvalue weighted by Crippen LogP contribution is -2.21. The van der Waals surface area contributed by atoms with Gasteiger partial charge in [0.1, 0.15) is 0 Å². The molecule has 20 heavy (non-hydrogen) atoms. The largest absolute Gasteiger partial charge is 0.455 e. The number of thiazole rings is 1. The van der Waals surface area contributed by atoms with Crippen LogP contribution in [0, 0.1) is 5.92 Å². The first-order valence-electron chi connectivity index (χ1n) is 6.14. The summed E-state index contributed by atoms with van der Waals surface area (Å²) in [6.07, 6.45) is 1.74. The van der Waals surface area contributed by atoms with Gasteiger partial charge in [0.15, 0.2) is 11.7 Å². The zero-order valence-electron chi connectivity index (χ0n) is 10.4. The number of nitrogens with one attached hydrogen (secondary N) is 1. The molecule has 3 rings (SSSR count). The second kappa shape index (κ2) is 5.49. The number of nitrogens with zero attached hydrogens (tertiary/aromatic N) is 1. The van der Waals surface area contributed by atoms with E-state index in [4.69, 9.17) is 4.74 Å². The fraction of sp³-hybridized carbons (Fsp3) is 0.308. The number of benzene rings is 1. The minimum atomic E-state index is -0.364. The van der Waals surface area contributed by atoms with E-state index < -0.39 is 0 Å². The van der Waals surface area contributed by atoms with Crippen molar-refractivity contribution in [1.82, 2.24) is 4.98 Å². The van der Waals surface area contributed by atoms with Crippen LogP contribution in [0.3, 0.4) is 0 Å². The van der Waals surface area contributed by atoms with Gasteiger partial charge in [0.2, 0.25) is 0 Å². The second-order valence-corrected chi connectivity index (χ2v) is 6.51. The smallest absolute Gasteiger partial charge is 0.309 e. The van der Waals surface area contributed by atoms with Crippen molar-refractivity contribution in [2.45, 2.75) is 12.8 Å². The topological polar surface area (TPSA) is 68.3 Å². The third-order valence-corrected chi connectivity index (χ3v) is 4.28. The Balaban J connectivity index is 1.60. The van der Waals surface area contributed by atoms with E-state index in [0.717, 1.165) is 27.5 Å². The van der Waals surface area contributed by atoms with Crippen molar-refractivity contribution in [2.24, 2.45) is 5.92 Å². The molecule has 7 heteroatoms. The Kier molecular flexibility index (Phi) is 3.71. The van der Waals surface area contributed by atoms with Gasteiger partial charge in [-0.15, -0.1) is 0 Å². The average molecular weight is 355 g/mol. The summed E-state index contributed by atoms with van der Waals surface area (Å²) < 4.78 is 6.85. The van der Waals surface area contributed by atoms with Crippen molar-refractivity contribution in [3.63, 3.8) is 0 Å². The zero-order chi connectivity index (χ0) is 14.1. The molecule has 1 aliphatic rings. The fourth-order valence-electron chi connectivity index (χ4n) is 1.68. The van der Waals surface area contributed by atoms with Gasteiger partial charge >= 0.3 is 5.97 Å². The first-order valence-corrected chi connectivity index (χ1v) is 7.75. The highest BCUT2D eigenvalue weighted by Gasteiger charge is 2.31. The quantitative estimate of drug-likeness (QED) is 0.857. The SMILES string of the molecule is O=C(COC(=O)C1CC1)Nc1nc2ccc(Br)cc2s1. The molecule has 1 fully saturated rings. The Morgan fingerprint density at radius 2 is 2.25 bits per heavy atom. The lowest BCUT2D eigenvalue weighted by Gasteiger charge is -2.03. The number of rotatable bonds is 4. The predicted molar refractivity (Wildman–Crippen MR) is 79.6 cm³/mol. The number of fused-ring (bicyclic) bond motifs is 1. The first kappa shape index (κ1) is 13.5. The molecule has 0 saturated heterocycles.